The SMILES string of the molecule is CC(C)(C)c1cc(/C=C(/C#N)S(=O)(=O)c2ccccc2C(=O)N2CCOCC2)cc(C(C)(C)C)c1O. The summed E-state index contributed by atoms with van der Waals surface area (Å²) in [5, 5.41) is 20.9. The quantitative estimate of drug-likeness (QED) is 0.592. The van der Waals surface area contributed by atoms with Crippen LogP contribution >= 0.6 is 0 Å². The van der Waals surface area contributed by atoms with Crippen LogP contribution in [0.5, 0.6) is 5.75 Å². The first-order chi connectivity index (χ1) is 16.7. The Bertz CT molecular complexity index is 1300. The van der Waals surface area contributed by atoms with Gasteiger partial charge in [0.15, 0.2) is 0 Å². The Hall–Kier alpha value is -3.15. The summed E-state index contributed by atoms with van der Waals surface area (Å²) in [4.78, 5) is 14.0. The number of hydrogen-bond acceptors (Lipinski definition) is 6. The van der Waals surface area contributed by atoms with Crippen molar-refractivity contribution < 1.29 is 23.1 Å². The predicted octanol–water partition coefficient (Wildman–Crippen LogP) is 4.80. The van der Waals surface area contributed by atoms with Crippen LogP contribution in [0.25, 0.3) is 6.08 Å². The van der Waals surface area contributed by atoms with Crippen LogP contribution in [0, 0.1) is 11.3 Å². The zero-order chi connectivity index (χ0) is 26.9. The summed E-state index contributed by atoms with van der Waals surface area (Å²) in [6.07, 6.45) is 1.31. The van der Waals surface area contributed by atoms with Gasteiger partial charge in [-0.05, 0) is 46.7 Å². The fraction of sp³-hybridized carbons (Fsp3) is 0.429. The molecule has 0 unspecified atom stereocenters. The van der Waals surface area contributed by atoms with E-state index in [9.17, 15) is 23.6 Å². The molecule has 192 valence electrons. The summed E-state index contributed by atoms with van der Waals surface area (Å²) in [6.45, 7) is 13.2. The van der Waals surface area contributed by atoms with Crippen LogP contribution in [0.1, 0.15) is 68.6 Å². The number of sulfone groups is 1. The molecule has 8 heteroatoms. The average molecular weight is 511 g/mol. The number of rotatable bonds is 4. The third-order valence-electron chi connectivity index (χ3n) is 6.15. The fourth-order valence-electron chi connectivity index (χ4n) is 4.14. The molecule has 1 aliphatic heterocycles. The molecule has 1 N–H and O–H groups in total. The van der Waals surface area contributed by atoms with Crippen LogP contribution in [0.3, 0.4) is 0 Å². The van der Waals surface area contributed by atoms with Crippen LogP contribution in [0.4, 0.5) is 0 Å². The maximum absolute atomic E-state index is 13.7. The highest BCUT2D eigenvalue weighted by Crippen LogP contribution is 2.40. The van der Waals surface area contributed by atoms with Gasteiger partial charge in [-0.2, -0.15) is 5.26 Å². The van der Waals surface area contributed by atoms with Crippen molar-refractivity contribution >= 4 is 21.8 Å². The molecular weight excluding hydrogens is 476 g/mol. The van der Waals surface area contributed by atoms with Gasteiger partial charge in [0.1, 0.15) is 16.7 Å². The van der Waals surface area contributed by atoms with Gasteiger partial charge in [-0.15, -0.1) is 0 Å². The molecule has 1 heterocycles. The second-order valence-electron chi connectivity index (χ2n) is 11.0. The Morgan fingerprint density at radius 1 is 1.03 bits per heavy atom. The van der Waals surface area contributed by atoms with E-state index >= 15 is 0 Å². The number of amides is 1. The highest BCUT2D eigenvalue weighted by Gasteiger charge is 2.30. The van der Waals surface area contributed by atoms with Crippen molar-refractivity contribution in [2.45, 2.75) is 57.3 Å². The number of phenols is 1. The third kappa shape index (κ3) is 5.63. The maximum Gasteiger partial charge on any atom is 0.255 e. The van der Waals surface area contributed by atoms with Crippen LogP contribution < -0.4 is 0 Å². The molecule has 1 saturated heterocycles. The normalized spacial score (nSPS) is 15.5. The minimum Gasteiger partial charge on any atom is -0.507 e. The molecule has 3 rings (SSSR count). The Morgan fingerprint density at radius 3 is 2.06 bits per heavy atom. The van der Waals surface area contributed by atoms with Crippen molar-refractivity contribution in [3.05, 3.63) is 63.6 Å². The summed E-state index contributed by atoms with van der Waals surface area (Å²) >= 11 is 0. The van der Waals surface area contributed by atoms with Crippen LogP contribution in [0.15, 0.2) is 46.2 Å². The van der Waals surface area contributed by atoms with Crippen molar-refractivity contribution in [1.82, 2.24) is 4.90 Å². The van der Waals surface area contributed by atoms with Gasteiger partial charge < -0.3 is 14.7 Å². The number of nitriles is 1. The molecule has 7 nitrogen and oxygen atoms in total. The lowest BCUT2D eigenvalue weighted by molar-refractivity contribution is 0.0300. The number of carbonyl (C=O) groups is 1. The van der Waals surface area contributed by atoms with E-state index in [2.05, 4.69) is 0 Å². The second kappa shape index (κ2) is 10.1. The van der Waals surface area contributed by atoms with E-state index in [-0.39, 0.29) is 16.2 Å². The summed E-state index contributed by atoms with van der Waals surface area (Å²) in [5.41, 5.74) is 0.974. The zero-order valence-electron chi connectivity index (χ0n) is 21.8. The molecule has 0 spiro atoms. The highest BCUT2D eigenvalue weighted by atomic mass is 32.2. The molecule has 0 aliphatic carbocycles. The van der Waals surface area contributed by atoms with E-state index < -0.39 is 31.5 Å². The second-order valence-corrected chi connectivity index (χ2v) is 12.9. The topological polar surface area (TPSA) is 108 Å². The smallest absolute Gasteiger partial charge is 0.255 e. The van der Waals surface area contributed by atoms with Gasteiger partial charge in [0, 0.05) is 24.2 Å². The number of ether oxygens (including phenoxy) is 1. The summed E-state index contributed by atoms with van der Waals surface area (Å²) in [5.74, 6) is -0.251. The highest BCUT2D eigenvalue weighted by molar-refractivity contribution is 7.95. The summed E-state index contributed by atoms with van der Waals surface area (Å²) in [7, 11) is -4.31. The number of nitrogens with zero attached hydrogens (tertiary/aromatic N) is 2. The Morgan fingerprint density at radius 2 is 1.56 bits per heavy atom. The van der Waals surface area contributed by atoms with Crippen molar-refractivity contribution in [1.29, 1.82) is 5.26 Å². The fourth-order valence-corrected chi connectivity index (χ4v) is 5.49. The monoisotopic (exact) mass is 510 g/mol. The van der Waals surface area contributed by atoms with E-state index in [4.69, 9.17) is 4.74 Å². The van der Waals surface area contributed by atoms with Crippen LogP contribution in [-0.2, 0) is 25.4 Å². The molecule has 1 amide bonds. The van der Waals surface area contributed by atoms with Gasteiger partial charge in [0.2, 0.25) is 9.84 Å². The molecular formula is C28H34N2O5S. The first-order valence-electron chi connectivity index (χ1n) is 11.9. The molecule has 1 aliphatic rings. The molecule has 0 aromatic heterocycles. The van der Waals surface area contributed by atoms with Gasteiger partial charge in [0.05, 0.1) is 23.7 Å². The van der Waals surface area contributed by atoms with Gasteiger partial charge in [0.25, 0.3) is 5.91 Å². The Labute approximate surface area is 213 Å². The zero-order valence-corrected chi connectivity index (χ0v) is 22.6. The molecule has 0 atom stereocenters. The molecule has 2 aromatic rings. The maximum atomic E-state index is 13.7. The minimum atomic E-state index is -4.31. The van der Waals surface area contributed by atoms with Gasteiger partial charge in [-0.25, -0.2) is 8.42 Å². The van der Waals surface area contributed by atoms with Gasteiger partial charge >= 0.3 is 0 Å². The van der Waals surface area contributed by atoms with Crippen molar-refractivity contribution in [2.24, 2.45) is 0 Å². The molecule has 2 aromatic carbocycles. The van der Waals surface area contributed by atoms with E-state index in [1.54, 1.807) is 23.1 Å². The number of allylic oxidation sites excluding steroid dienone is 1. The summed E-state index contributed by atoms with van der Waals surface area (Å²) < 4.78 is 32.6. The van der Waals surface area contributed by atoms with Crippen LogP contribution in [0.2, 0.25) is 0 Å². The lowest BCUT2D eigenvalue weighted by atomic mass is 9.78. The Kier molecular flexibility index (Phi) is 7.68. The molecule has 0 bridgehead atoms. The van der Waals surface area contributed by atoms with Crippen LogP contribution in [-0.4, -0.2) is 50.6 Å². The van der Waals surface area contributed by atoms with Crippen molar-refractivity contribution in [3.63, 3.8) is 0 Å². The predicted molar refractivity (Wildman–Crippen MR) is 139 cm³/mol. The Balaban J connectivity index is 2.16. The number of aromatic hydroxyl groups is 1. The van der Waals surface area contributed by atoms with E-state index in [0.717, 1.165) is 0 Å². The van der Waals surface area contributed by atoms with Crippen molar-refractivity contribution in [3.8, 4) is 11.8 Å². The first-order valence-corrected chi connectivity index (χ1v) is 13.4. The van der Waals surface area contributed by atoms with Crippen molar-refractivity contribution in [2.75, 3.05) is 26.3 Å². The molecule has 1 fully saturated rings. The lowest BCUT2D eigenvalue weighted by Crippen LogP contribution is -2.41. The minimum absolute atomic E-state index is 0.0250. The van der Waals surface area contributed by atoms with Gasteiger partial charge in [-0.1, -0.05) is 53.7 Å². The van der Waals surface area contributed by atoms with E-state index in [0.29, 0.717) is 43.0 Å². The molecule has 36 heavy (non-hydrogen) atoms. The first kappa shape index (κ1) is 27.4. The van der Waals surface area contributed by atoms with Gasteiger partial charge in [-0.3, -0.25) is 4.79 Å². The number of phenolic OH excluding ortho intramolecular Hbond substituents is 1. The molecule has 0 radical (unpaired) electrons. The van der Waals surface area contributed by atoms with E-state index in [1.807, 2.05) is 47.6 Å². The number of hydrogen-bond donors (Lipinski definition) is 1. The number of benzene rings is 2. The average Bonchev–Trinajstić information content (AvgIpc) is 2.81. The lowest BCUT2D eigenvalue weighted by Gasteiger charge is -2.28. The molecule has 0 saturated carbocycles. The number of carbonyl (C=O) groups excluding carboxylic acids is 1. The standard InChI is InChI=1S/C28H34N2O5S/c1-27(2,3)22-16-19(17-23(25(22)31)28(4,5)6)15-20(18-29)36(33,34)24-10-8-7-9-21(24)26(32)30-11-13-35-14-12-30/h7-10,15-17,31H,11-14H2,1-6H3/b20-15-. The number of morpholine rings is 1. The van der Waals surface area contributed by atoms with E-state index in [1.165, 1.54) is 24.3 Å². The third-order valence-corrected chi connectivity index (χ3v) is 7.87. The summed E-state index contributed by atoms with van der Waals surface area (Å²) in [6, 6.07) is 11.2. The largest absolute Gasteiger partial charge is 0.507 e.